The molecule has 0 spiro atoms. The van der Waals surface area contributed by atoms with Crippen molar-refractivity contribution in [3.8, 4) is 11.5 Å². The molecule has 0 unspecified atom stereocenters. The largest absolute Gasteiger partial charge is 0.504 e. The Morgan fingerprint density at radius 1 is 1.06 bits per heavy atom. The number of nitrogens with zero attached hydrogens (tertiary/aromatic N) is 3. The molecule has 17 heavy (non-hydrogen) atoms. The third kappa shape index (κ3) is 2.52. The maximum atomic E-state index is 9.43. The maximum Gasteiger partial charge on any atom is 0.159 e. The van der Waals surface area contributed by atoms with Crippen molar-refractivity contribution in [2.45, 2.75) is 0 Å². The minimum absolute atomic E-state index is 0.109. The Labute approximate surface area is 99.0 Å². The van der Waals surface area contributed by atoms with Crippen LogP contribution in [0.1, 0.15) is 0 Å². The predicted octanol–water partition coefficient (Wildman–Crippen LogP) is 0.637. The molecule has 1 saturated heterocycles. The fraction of sp³-hybridized carbons (Fsp3) is 0.364. The Morgan fingerprint density at radius 2 is 1.76 bits per heavy atom. The van der Waals surface area contributed by atoms with Crippen LogP contribution in [-0.2, 0) is 0 Å². The summed E-state index contributed by atoms with van der Waals surface area (Å²) in [5.74, 6) is -0.221. The first-order valence-corrected chi connectivity index (χ1v) is 5.39. The fourth-order valence-electron chi connectivity index (χ4n) is 1.88. The molecule has 3 N–H and O–H groups in total. The van der Waals surface area contributed by atoms with E-state index >= 15 is 0 Å². The van der Waals surface area contributed by atoms with Gasteiger partial charge in [0.2, 0.25) is 0 Å². The lowest BCUT2D eigenvalue weighted by molar-refractivity contribution is 0.302. The highest BCUT2D eigenvalue weighted by Crippen LogP contribution is 2.29. The second-order valence-electron chi connectivity index (χ2n) is 3.93. The third-order valence-corrected chi connectivity index (χ3v) is 2.85. The van der Waals surface area contributed by atoms with E-state index in [0.29, 0.717) is 0 Å². The van der Waals surface area contributed by atoms with Gasteiger partial charge in [-0.25, -0.2) is 0 Å². The van der Waals surface area contributed by atoms with Gasteiger partial charge in [0.25, 0.3) is 0 Å². The van der Waals surface area contributed by atoms with Gasteiger partial charge in [0.15, 0.2) is 11.5 Å². The van der Waals surface area contributed by atoms with Gasteiger partial charge in [0.1, 0.15) is 6.34 Å². The van der Waals surface area contributed by atoms with E-state index in [-0.39, 0.29) is 11.5 Å². The number of phenols is 2. The van der Waals surface area contributed by atoms with Crippen LogP contribution < -0.4 is 4.90 Å². The van der Waals surface area contributed by atoms with E-state index in [2.05, 4.69) is 10.1 Å². The van der Waals surface area contributed by atoms with E-state index in [9.17, 15) is 10.2 Å². The monoisotopic (exact) mass is 237 g/mol. The molecule has 0 radical (unpaired) electrons. The second kappa shape index (κ2) is 4.82. The molecule has 1 fully saturated rings. The minimum atomic E-state index is -0.111. The fourth-order valence-corrected chi connectivity index (χ4v) is 1.88. The van der Waals surface area contributed by atoms with Crippen LogP contribution in [0.25, 0.3) is 0 Å². The molecule has 0 bridgehead atoms. The zero-order valence-corrected chi connectivity index (χ0v) is 9.32. The van der Waals surface area contributed by atoms with Crippen LogP contribution in [0.2, 0.25) is 0 Å². The van der Waals surface area contributed by atoms with Crippen LogP contribution in [-0.4, -0.2) is 52.8 Å². The van der Waals surface area contributed by atoms with Crippen molar-refractivity contribution in [1.29, 1.82) is 0 Å². The first-order chi connectivity index (χ1) is 8.20. The van der Waals surface area contributed by atoms with E-state index in [0.717, 1.165) is 31.9 Å². The summed E-state index contributed by atoms with van der Waals surface area (Å²) < 4.78 is 0. The molecule has 0 saturated carbocycles. The van der Waals surface area contributed by atoms with E-state index in [4.69, 9.17) is 5.21 Å². The summed E-state index contributed by atoms with van der Waals surface area (Å²) in [6, 6.07) is 4.79. The Kier molecular flexibility index (Phi) is 3.22. The Bertz CT molecular complexity index is 414. The second-order valence-corrected chi connectivity index (χ2v) is 3.93. The van der Waals surface area contributed by atoms with Crippen LogP contribution in [0.15, 0.2) is 23.4 Å². The number of hydrogen-bond donors (Lipinski definition) is 3. The lowest BCUT2D eigenvalue weighted by atomic mass is 10.2. The Balaban J connectivity index is 2.02. The first kappa shape index (κ1) is 11.4. The minimum Gasteiger partial charge on any atom is -0.504 e. The normalized spacial score (nSPS) is 16.7. The van der Waals surface area contributed by atoms with Gasteiger partial charge in [0, 0.05) is 37.9 Å². The maximum absolute atomic E-state index is 9.43. The molecule has 6 heteroatoms. The summed E-state index contributed by atoms with van der Waals surface area (Å²) in [5.41, 5.74) is 0.876. The molecule has 0 aliphatic carbocycles. The van der Waals surface area contributed by atoms with Gasteiger partial charge >= 0.3 is 0 Å². The Morgan fingerprint density at radius 3 is 2.35 bits per heavy atom. The molecule has 1 heterocycles. The van der Waals surface area contributed by atoms with Gasteiger partial charge in [-0.15, -0.1) is 0 Å². The number of phenolic OH excluding ortho intramolecular Hbond substituents is 2. The molecule has 92 valence electrons. The average Bonchev–Trinajstić information content (AvgIpc) is 2.34. The highest BCUT2D eigenvalue weighted by molar-refractivity contribution is 5.58. The topological polar surface area (TPSA) is 79.5 Å². The summed E-state index contributed by atoms with van der Waals surface area (Å²) in [7, 11) is 0. The Hall–Kier alpha value is -2.11. The molecular formula is C11H15N3O3. The van der Waals surface area contributed by atoms with Gasteiger partial charge < -0.3 is 25.2 Å². The summed E-state index contributed by atoms with van der Waals surface area (Å²) >= 11 is 0. The van der Waals surface area contributed by atoms with Crippen LogP contribution >= 0.6 is 0 Å². The molecule has 1 aliphatic rings. The number of benzene rings is 1. The number of oxime groups is 1. The van der Waals surface area contributed by atoms with Gasteiger partial charge in [-0.05, 0) is 12.1 Å². The van der Waals surface area contributed by atoms with E-state index in [1.54, 1.807) is 12.1 Å². The average molecular weight is 237 g/mol. The van der Waals surface area contributed by atoms with Gasteiger partial charge in [-0.2, -0.15) is 0 Å². The van der Waals surface area contributed by atoms with E-state index < -0.39 is 0 Å². The van der Waals surface area contributed by atoms with Crippen molar-refractivity contribution in [3.05, 3.63) is 18.2 Å². The van der Waals surface area contributed by atoms with Crippen molar-refractivity contribution in [2.24, 2.45) is 5.16 Å². The van der Waals surface area contributed by atoms with Crippen molar-refractivity contribution in [3.63, 3.8) is 0 Å². The standard InChI is InChI=1S/C11H15N3O3/c15-10-2-1-9(7-11(10)16)14-5-3-13(4-6-14)8-12-17/h1-2,7-8,15-17H,3-6H2. The van der Waals surface area contributed by atoms with Crippen molar-refractivity contribution < 1.29 is 15.4 Å². The lowest BCUT2D eigenvalue weighted by Gasteiger charge is -2.34. The number of aromatic hydroxyl groups is 2. The number of anilines is 1. The molecule has 0 atom stereocenters. The highest BCUT2D eigenvalue weighted by atomic mass is 16.4. The molecule has 0 aromatic heterocycles. The SMILES string of the molecule is ON=CN1CCN(c2ccc(O)c(O)c2)CC1. The quantitative estimate of drug-likeness (QED) is 0.231. The number of rotatable bonds is 2. The number of piperazine rings is 1. The van der Waals surface area contributed by atoms with Crippen LogP contribution in [0, 0.1) is 0 Å². The highest BCUT2D eigenvalue weighted by Gasteiger charge is 2.16. The smallest absolute Gasteiger partial charge is 0.159 e. The molecule has 6 nitrogen and oxygen atoms in total. The molecule has 1 aromatic carbocycles. The van der Waals surface area contributed by atoms with Crippen LogP contribution in [0.4, 0.5) is 5.69 Å². The summed E-state index contributed by atoms with van der Waals surface area (Å²) in [5, 5.41) is 30.1. The first-order valence-electron chi connectivity index (χ1n) is 5.39. The summed E-state index contributed by atoms with van der Waals surface area (Å²) in [4.78, 5) is 4.01. The summed E-state index contributed by atoms with van der Waals surface area (Å²) in [6.45, 7) is 3.06. The molecule has 1 aliphatic heterocycles. The van der Waals surface area contributed by atoms with Gasteiger partial charge in [0.05, 0.1) is 0 Å². The lowest BCUT2D eigenvalue weighted by Crippen LogP contribution is -2.45. The van der Waals surface area contributed by atoms with Gasteiger partial charge in [-0.1, -0.05) is 5.16 Å². The van der Waals surface area contributed by atoms with Crippen LogP contribution in [0.5, 0.6) is 11.5 Å². The van der Waals surface area contributed by atoms with Crippen molar-refractivity contribution in [1.82, 2.24) is 4.90 Å². The summed E-state index contributed by atoms with van der Waals surface area (Å²) in [6.07, 6.45) is 1.41. The van der Waals surface area contributed by atoms with Crippen LogP contribution in [0.3, 0.4) is 0 Å². The zero-order chi connectivity index (χ0) is 12.3. The molecule has 0 amide bonds. The molecule has 1 aromatic rings. The van der Waals surface area contributed by atoms with Crippen molar-refractivity contribution >= 4 is 12.0 Å². The third-order valence-electron chi connectivity index (χ3n) is 2.85. The van der Waals surface area contributed by atoms with Crippen molar-refractivity contribution in [2.75, 3.05) is 31.1 Å². The molecular weight excluding hydrogens is 222 g/mol. The molecule has 2 rings (SSSR count). The predicted molar refractivity (Wildman–Crippen MR) is 63.8 cm³/mol. The number of hydrogen-bond acceptors (Lipinski definition) is 5. The van der Waals surface area contributed by atoms with E-state index in [1.165, 1.54) is 12.4 Å². The van der Waals surface area contributed by atoms with Gasteiger partial charge in [-0.3, -0.25) is 0 Å². The zero-order valence-electron chi connectivity index (χ0n) is 9.32. The van der Waals surface area contributed by atoms with E-state index in [1.807, 2.05) is 4.90 Å².